The molecule has 0 fully saturated rings. The lowest BCUT2D eigenvalue weighted by Crippen LogP contribution is -2.13. The topological polar surface area (TPSA) is 97.2 Å². The molecule has 2 heterocycles. The predicted octanol–water partition coefficient (Wildman–Crippen LogP) is 0.953. The number of anilines is 1. The molecule has 0 saturated carbocycles. The minimum atomic E-state index is -0.0732. The van der Waals surface area contributed by atoms with Crippen molar-refractivity contribution < 1.29 is 0 Å². The number of nitrogens with one attached hydrogen (secondary N) is 2. The van der Waals surface area contributed by atoms with Crippen LogP contribution in [0.2, 0.25) is 0 Å². The van der Waals surface area contributed by atoms with E-state index in [0.29, 0.717) is 5.95 Å². The Morgan fingerprint density at radius 2 is 2.11 bits per heavy atom. The molecule has 1 aromatic carbocycles. The maximum atomic E-state index is 4.09. The molecule has 0 saturated heterocycles. The van der Waals surface area contributed by atoms with E-state index < -0.39 is 0 Å². The minimum absolute atomic E-state index is 0.0732. The second kappa shape index (κ2) is 4.84. The molecule has 8 heteroatoms. The van der Waals surface area contributed by atoms with E-state index in [9.17, 15) is 0 Å². The van der Waals surface area contributed by atoms with Crippen LogP contribution in [0.15, 0.2) is 36.7 Å². The van der Waals surface area contributed by atoms with E-state index in [2.05, 4.69) is 36.0 Å². The van der Waals surface area contributed by atoms with Gasteiger partial charge in [-0.25, -0.2) is 4.98 Å². The summed E-state index contributed by atoms with van der Waals surface area (Å²) in [6, 6.07) is 9.59. The first-order chi connectivity index (χ1) is 9.34. The van der Waals surface area contributed by atoms with Gasteiger partial charge in [-0.2, -0.15) is 9.78 Å². The maximum absolute atomic E-state index is 4.09. The summed E-state index contributed by atoms with van der Waals surface area (Å²) in [7, 11) is 0. The number of para-hydroxylation sites is 1. The van der Waals surface area contributed by atoms with Crippen LogP contribution in [0, 0.1) is 0 Å². The van der Waals surface area contributed by atoms with Crippen molar-refractivity contribution in [1.29, 1.82) is 0 Å². The lowest BCUT2D eigenvalue weighted by molar-refractivity contribution is 0.759. The molecule has 3 aromatic rings. The van der Waals surface area contributed by atoms with Crippen LogP contribution in [0.4, 0.5) is 5.95 Å². The summed E-state index contributed by atoms with van der Waals surface area (Å²) >= 11 is 0. The molecule has 3 rings (SSSR count). The van der Waals surface area contributed by atoms with Gasteiger partial charge in [-0.15, -0.1) is 0 Å². The zero-order valence-electron chi connectivity index (χ0n) is 10.2. The van der Waals surface area contributed by atoms with Gasteiger partial charge in [-0.3, -0.25) is 5.10 Å². The number of tetrazole rings is 1. The van der Waals surface area contributed by atoms with Crippen LogP contribution in [0.1, 0.15) is 18.8 Å². The van der Waals surface area contributed by atoms with Gasteiger partial charge in [0.25, 0.3) is 0 Å². The van der Waals surface area contributed by atoms with Gasteiger partial charge < -0.3 is 5.32 Å². The van der Waals surface area contributed by atoms with Crippen molar-refractivity contribution in [1.82, 2.24) is 35.4 Å². The minimum Gasteiger partial charge on any atom is -0.343 e. The van der Waals surface area contributed by atoms with E-state index in [-0.39, 0.29) is 6.04 Å². The molecule has 0 aliphatic heterocycles. The Hall–Kier alpha value is -2.77. The molecule has 2 N–H and O–H groups in total. The molecule has 0 amide bonds. The van der Waals surface area contributed by atoms with E-state index in [0.717, 1.165) is 11.5 Å². The van der Waals surface area contributed by atoms with Crippen LogP contribution < -0.4 is 5.32 Å². The number of benzene rings is 1. The third kappa shape index (κ3) is 2.28. The van der Waals surface area contributed by atoms with Crippen LogP contribution in [0.25, 0.3) is 5.69 Å². The zero-order valence-corrected chi connectivity index (χ0v) is 10.2. The predicted molar refractivity (Wildman–Crippen MR) is 67.6 cm³/mol. The summed E-state index contributed by atoms with van der Waals surface area (Å²) in [5.74, 6) is 1.28. The second-order valence-corrected chi connectivity index (χ2v) is 3.99. The summed E-state index contributed by atoms with van der Waals surface area (Å²) in [4.78, 5) is 4.09. The van der Waals surface area contributed by atoms with E-state index in [4.69, 9.17) is 0 Å². The highest BCUT2D eigenvalue weighted by atomic mass is 15.6. The number of hydrogen-bond donors (Lipinski definition) is 2. The Kier molecular flexibility index (Phi) is 2.89. The van der Waals surface area contributed by atoms with Crippen molar-refractivity contribution >= 4 is 5.95 Å². The zero-order chi connectivity index (χ0) is 13.1. The van der Waals surface area contributed by atoms with E-state index in [1.807, 2.05) is 37.3 Å². The molecule has 0 aliphatic rings. The van der Waals surface area contributed by atoms with Crippen molar-refractivity contribution in [2.45, 2.75) is 13.0 Å². The lowest BCUT2D eigenvalue weighted by atomic mass is 10.3. The fourth-order valence-corrected chi connectivity index (χ4v) is 1.71. The fourth-order valence-electron chi connectivity index (χ4n) is 1.71. The molecule has 0 bridgehead atoms. The number of H-pyrrole nitrogens is 1. The van der Waals surface area contributed by atoms with Crippen molar-refractivity contribution in [2.75, 3.05) is 5.32 Å². The molecule has 8 nitrogen and oxygen atoms in total. The van der Waals surface area contributed by atoms with Crippen LogP contribution in [0.3, 0.4) is 0 Å². The molecular weight excluding hydrogens is 244 g/mol. The molecular formula is C11H12N8. The number of aromatic amines is 1. The third-order valence-electron chi connectivity index (χ3n) is 2.66. The van der Waals surface area contributed by atoms with Crippen molar-refractivity contribution in [3.63, 3.8) is 0 Å². The SMILES string of the molecule is CC(Nc1nnnn1-c1ccccc1)c1ncn[nH]1. The number of aromatic nitrogens is 7. The summed E-state index contributed by atoms with van der Waals surface area (Å²) in [5, 5.41) is 21.4. The smallest absolute Gasteiger partial charge is 0.248 e. The van der Waals surface area contributed by atoms with Gasteiger partial charge in [-0.1, -0.05) is 23.3 Å². The van der Waals surface area contributed by atoms with Crippen molar-refractivity contribution in [3.8, 4) is 5.69 Å². The molecule has 96 valence electrons. The summed E-state index contributed by atoms with van der Waals surface area (Å²) in [5.41, 5.74) is 0.889. The van der Waals surface area contributed by atoms with Gasteiger partial charge in [0, 0.05) is 0 Å². The number of rotatable bonds is 4. The highest BCUT2D eigenvalue weighted by Crippen LogP contribution is 2.16. The fraction of sp³-hybridized carbons (Fsp3) is 0.182. The van der Waals surface area contributed by atoms with Gasteiger partial charge in [0.2, 0.25) is 5.95 Å². The molecule has 19 heavy (non-hydrogen) atoms. The Labute approximate surface area is 108 Å². The Bertz CT molecular complexity index is 630. The van der Waals surface area contributed by atoms with Crippen LogP contribution in [0.5, 0.6) is 0 Å². The monoisotopic (exact) mass is 256 g/mol. The van der Waals surface area contributed by atoms with Crippen LogP contribution in [-0.4, -0.2) is 35.4 Å². The number of nitrogens with zero attached hydrogens (tertiary/aromatic N) is 6. The Balaban J connectivity index is 1.85. The van der Waals surface area contributed by atoms with Gasteiger partial charge in [0.15, 0.2) is 0 Å². The van der Waals surface area contributed by atoms with Gasteiger partial charge in [-0.05, 0) is 29.5 Å². The average Bonchev–Trinajstić information content (AvgIpc) is 3.11. The Morgan fingerprint density at radius 1 is 1.26 bits per heavy atom. The highest BCUT2D eigenvalue weighted by Gasteiger charge is 2.13. The van der Waals surface area contributed by atoms with Gasteiger partial charge in [0.1, 0.15) is 12.2 Å². The summed E-state index contributed by atoms with van der Waals surface area (Å²) < 4.78 is 1.63. The van der Waals surface area contributed by atoms with E-state index >= 15 is 0 Å². The van der Waals surface area contributed by atoms with Crippen molar-refractivity contribution in [3.05, 3.63) is 42.5 Å². The standard InChI is InChI=1S/C11H12N8/c1-8(10-12-7-13-15-10)14-11-16-17-18-19(11)9-5-3-2-4-6-9/h2-8H,1H3,(H,12,13,15)(H,14,16,18). The molecule has 1 atom stereocenters. The molecule has 0 spiro atoms. The first-order valence-corrected chi connectivity index (χ1v) is 5.80. The Morgan fingerprint density at radius 3 is 2.84 bits per heavy atom. The number of hydrogen-bond acceptors (Lipinski definition) is 6. The first kappa shape index (κ1) is 11.3. The van der Waals surface area contributed by atoms with Crippen molar-refractivity contribution in [2.24, 2.45) is 0 Å². The molecule has 0 radical (unpaired) electrons. The maximum Gasteiger partial charge on any atom is 0.248 e. The van der Waals surface area contributed by atoms with Crippen LogP contribution >= 0.6 is 0 Å². The summed E-state index contributed by atoms with van der Waals surface area (Å²) in [6.07, 6.45) is 1.47. The van der Waals surface area contributed by atoms with Crippen LogP contribution in [-0.2, 0) is 0 Å². The summed E-state index contributed by atoms with van der Waals surface area (Å²) in [6.45, 7) is 1.95. The highest BCUT2D eigenvalue weighted by molar-refractivity contribution is 5.39. The molecule has 2 aromatic heterocycles. The second-order valence-electron chi connectivity index (χ2n) is 3.99. The quantitative estimate of drug-likeness (QED) is 0.721. The van der Waals surface area contributed by atoms with E-state index in [1.54, 1.807) is 4.68 Å². The molecule has 1 unspecified atom stereocenters. The largest absolute Gasteiger partial charge is 0.343 e. The van der Waals surface area contributed by atoms with Gasteiger partial charge in [0.05, 0.1) is 11.7 Å². The first-order valence-electron chi connectivity index (χ1n) is 5.80. The lowest BCUT2D eigenvalue weighted by Gasteiger charge is -2.11. The molecule has 0 aliphatic carbocycles. The third-order valence-corrected chi connectivity index (χ3v) is 2.66. The average molecular weight is 256 g/mol. The normalized spacial score (nSPS) is 12.3. The van der Waals surface area contributed by atoms with Gasteiger partial charge >= 0.3 is 0 Å². The van der Waals surface area contributed by atoms with E-state index in [1.165, 1.54) is 6.33 Å².